The zero-order valence-electron chi connectivity index (χ0n) is 14.5. The van der Waals surface area contributed by atoms with Crippen LogP contribution in [0.1, 0.15) is 22.3 Å². The summed E-state index contributed by atoms with van der Waals surface area (Å²) < 4.78 is 12.0. The van der Waals surface area contributed by atoms with Gasteiger partial charge in [0.2, 0.25) is 6.79 Å². The smallest absolute Gasteiger partial charge is 0.254 e. The molecule has 0 unspecified atom stereocenters. The number of fused-ring (bicyclic) bond motifs is 1. The number of hydrogen-bond acceptors (Lipinski definition) is 4. The lowest BCUT2D eigenvalue weighted by Crippen LogP contribution is -2.35. The summed E-state index contributed by atoms with van der Waals surface area (Å²) in [5.74, 6) is 1.44. The van der Waals surface area contributed by atoms with Gasteiger partial charge in [-0.3, -0.25) is 9.69 Å². The molecule has 0 bridgehead atoms. The van der Waals surface area contributed by atoms with Crippen LogP contribution in [0.25, 0.3) is 0 Å². The summed E-state index contributed by atoms with van der Waals surface area (Å²) in [7, 11) is 0. The number of amides is 1. The van der Waals surface area contributed by atoms with Crippen molar-refractivity contribution in [2.75, 3.05) is 33.0 Å². The van der Waals surface area contributed by atoms with E-state index in [4.69, 9.17) is 9.47 Å². The van der Waals surface area contributed by atoms with E-state index in [0.29, 0.717) is 17.1 Å². The average Bonchev–Trinajstić information content (AvgIpc) is 2.99. The maximum atomic E-state index is 12.9. The molecule has 6 heteroatoms. The Balaban J connectivity index is 1.39. The Morgan fingerprint density at radius 1 is 1.00 bits per heavy atom. The molecule has 2 aromatic carbocycles. The minimum Gasteiger partial charge on any atom is -0.454 e. The van der Waals surface area contributed by atoms with E-state index in [1.165, 1.54) is 9.13 Å². The first-order valence-corrected chi connectivity index (χ1v) is 9.93. The molecule has 0 aromatic heterocycles. The highest BCUT2D eigenvalue weighted by atomic mass is 127. The van der Waals surface area contributed by atoms with Crippen LogP contribution in [-0.2, 0) is 6.54 Å². The van der Waals surface area contributed by atoms with Gasteiger partial charge in [-0.1, -0.05) is 12.1 Å². The van der Waals surface area contributed by atoms with Crippen LogP contribution in [0, 0.1) is 3.57 Å². The Morgan fingerprint density at radius 3 is 2.77 bits per heavy atom. The summed E-state index contributed by atoms with van der Waals surface area (Å²) in [4.78, 5) is 17.3. The van der Waals surface area contributed by atoms with Gasteiger partial charge in [-0.15, -0.1) is 0 Å². The van der Waals surface area contributed by atoms with Crippen LogP contribution in [0.4, 0.5) is 0 Å². The van der Waals surface area contributed by atoms with Gasteiger partial charge in [0.15, 0.2) is 11.5 Å². The van der Waals surface area contributed by atoms with Gasteiger partial charge >= 0.3 is 0 Å². The largest absolute Gasteiger partial charge is 0.454 e. The number of rotatable bonds is 3. The molecular formula is C20H21IN2O3. The van der Waals surface area contributed by atoms with Crippen molar-refractivity contribution in [1.82, 2.24) is 9.80 Å². The highest BCUT2D eigenvalue weighted by molar-refractivity contribution is 14.1. The van der Waals surface area contributed by atoms with Crippen molar-refractivity contribution in [3.63, 3.8) is 0 Å². The van der Waals surface area contributed by atoms with E-state index in [9.17, 15) is 4.79 Å². The van der Waals surface area contributed by atoms with Crippen molar-refractivity contribution in [1.29, 1.82) is 0 Å². The molecule has 0 aliphatic carbocycles. The summed E-state index contributed by atoms with van der Waals surface area (Å²) in [6.45, 7) is 4.60. The van der Waals surface area contributed by atoms with Crippen LogP contribution in [0.15, 0.2) is 42.5 Å². The summed E-state index contributed by atoms with van der Waals surface area (Å²) in [6.07, 6.45) is 0.986. The maximum absolute atomic E-state index is 12.9. The fraction of sp³-hybridized carbons (Fsp3) is 0.350. The van der Waals surface area contributed by atoms with E-state index in [1.54, 1.807) is 6.07 Å². The fourth-order valence-corrected chi connectivity index (χ4v) is 4.05. The van der Waals surface area contributed by atoms with Crippen LogP contribution in [0.5, 0.6) is 11.5 Å². The first kappa shape index (κ1) is 17.6. The lowest BCUT2D eigenvalue weighted by molar-refractivity contribution is 0.0760. The molecule has 0 radical (unpaired) electrons. The number of carbonyl (C=O) groups is 1. The summed E-state index contributed by atoms with van der Waals surface area (Å²) in [5, 5.41) is 0. The van der Waals surface area contributed by atoms with Gasteiger partial charge in [0.1, 0.15) is 0 Å². The Labute approximate surface area is 167 Å². The molecule has 1 amide bonds. The van der Waals surface area contributed by atoms with Crippen molar-refractivity contribution < 1.29 is 14.3 Å². The molecule has 2 heterocycles. The first-order chi connectivity index (χ1) is 12.7. The van der Waals surface area contributed by atoms with Crippen molar-refractivity contribution >= 4 is 28.5 Å². The second-order valence-electron chi connectivity index (χ2n) is 6.62. The monoisotopic (exact) mass is 464 g/mol. The van der Waals surface area contributed by atoms with E-state index in [2.05, 4.69) is 51.8 Å². The molecule has 0 spiro atoms. The van der Waals surface area contributed by atoms with Crippen molar-refractivity contribution in [2.45, 2.75) is 13.0 Å². The summed E-state index contributed by atoms with van der Waals surface area (Å²) >= 11 is 2.35. The van der Waals surface area contributed by atoms with Gasteiger partial charge in [-0.05, 0) is 64.9 Å². The molecule has 2 aliphatic rings. The summed E-state index contributed by atoms with van der Waals surface area (Å²) in [5.41, 5.74) is 1.99. The third-order valence-corrected chi connectivity index (χ3v) is 5.46. The zero-order valence-corrected chi connectivity index (χ0v) is 16.6. The van der Waals surface area contributed by atoms with Gasteiger partial charge in [-0.2, -0.15) is 0 Å². The van der Waals surface area contributed by atoms with Crippen LogP contribution >= 0.6 is 22.6 Å². The van der Waals surface area contributed by atoms with Gasteiger partial charge in [0, 0.05) is 41.9 Å². The third kappa shape index (κ3) is 3.96. The van der Waals surface area contributed by atoms with Gasteiger partial charge in [-0.25, -0.2) is 0 Å². The average molecular weight is 464 g/mol. The van der Waals surface area contributed by atoms with Crippen molar-refractivity contribution in [2.24, 2.45) is 0 Å². The molecule has 0 N–H and O–H groups in total. The van der Waals surface area contributed by atoms with E-state index < -0.39 is 0 Å². The van der Waals surface area contributed by atoms with Crippen LogP contribution in [0.3, 0.4) is 0 Å². The van der Waals surface area contributed by atoms with E-state index >= 15 is 0 Å². The van der Waals surface area contributed by atoms with Crippen LogP contribution in [-0.4, -0.2) is 48.7 Å². The highest BCUT2D eigenvalue weighted by Gasteiger charge is 2.22. The Bertz CT molecular complexity index is 811. The molecule has 1 saturated heterocycles. The molecule has 4 rings (SSSR count). The maximum Gasteiger partial charge on any atom is 0.254 e. The first-order valence-electron chi connectivity index (χ1n) is 8.85. The number of halogens is 1. The fourth-order valence-electron chi connectivity index (χ4n) is 3.44. The molecular weight excluding hydrogens is 443 g/mol. The molecule has 136 valence electrons. The van der Waals surface area contributed by atoms with Gasteiger partial charge < -0.3 is 14.4 Å². The predicted molar refractivity (Wildman–Crippen MR) is 108 cm³/mol. The predicted octanol–water partition coefficient (Wildman–Crippen LogP) is 3.37. The van der Waals surface area contributed by atoms with Crippen molar-refractivity contribution in [3.05, 3.63) is 57.2 Å². The lowest BCUT2D eigenvalue weighted by Gasteiger charge is -2.22. The normalized spacial score (nSPS) is 17.2. The molecule has 26 heavy (non-hydrogen) atoms. The number of nitrogens with zero attached hydrogens (tertiary/aromatic N) is 2. The SMILES string of the molecule is O=C(c1ccc2c(c1)OCO2)N1CCCN(Cc2cccc(I)c2)CC1. The lowest BCUT2D eigenvalue weighted by atomic mass is 10.1. The van der Waals surface area contributed by atoms with Gasteiger partial charge in [0.25, 0.3) is 5.91 Å². The number of carbonyl (C=O) groups excluding carboxylic acids is 1. The molecule has 2 aliphatic heterocycles. The molecule has 1 fully saturated rings. The molecule has 5 nitrogen and oxygen atoms in total. The quantitative estimate of drug-likeness (QED) is 0.654. The van der Waals surface area contributed by atoms with E-state index in [0.717, 1.165) is 39.1 Å². The standard InChI is InChI=1S/C20H21IN2O3/c21-17-4-1-3-15(11-17)13-22-7-2-8-23(10-9-22)20(24)16-5-6-18-19(12-16)26-14-25-18/h1,3-6,11-12H,2,7-10,13-14H2. The minimum absolute atomic E-state index is 0.0689. The van der Waals surface area contributed by atoms with Crippen LogP contribution < -0.4 is 9.47 Å². The van der Waals surface area contributed by atoms with Crippen LogP contribution in [0.2, 0.25) is 0 Å². The Hall–Kier alpha value is -1.80. The number of ether oxygens (including phenoxy) is 2. The second kappa shape index (κ2) is 7.84. The zero-order chi connectivity index (χ0) is 17.9. The minimum atomic E-state index is 0.0689. The number of hydrogen-bond donors (Lipinski definition) is 0. The topological polar surface area (TPSA) is 42.0 Å². The Kier molecular flexibility index (Phi) is 5.31. The molecule has 0 atom stereocenters. The summed E-state index contributed by atoms with van der Waals surface area (Å²) in [6, 6.07) is 14.0. The molecule has 0 saturated carbocycles. The van der Waals surface area contributed by atoms with Crippen molar-refractivity contribution in [3.8, 4) is 11.5 Å². The highest BCUT2D eigenvalue weighted by Crippen LogP contribution is 2.32. The van der Waals surface area contributed by atoms with E-state index in [-0.39, 0.29) is 12.7 Å². The molecule has 2 aromatic rings. The van der Waals surface area contributed by atoms with E-state index in [1.807, 2.05) is 17.0 Å². The number of benzene rings is 2. The second-order valence-corrected chi connectivity index (χ2v) is 7.87. The Morgan fingerprint density at radius 2 is 1.88 bits per heavy atom. The van der Waals surface area contributed by atoms with Gasteiger partial charge in [0.05, 0.1) is 0 Å². The third-order valence-electron chi connectivity index (χ3n) is 4.79.